The third kappa shape index (κ3) is 4.52. The van der Waals surface area contributed by atoms with Crippen molar-refractivity contribution < 1.29 is 8.42 Å². The number of anilines is 1. The quantitative estimate of drug-likeness (QED) is 0.512. The Morgan fingerprint density at radius 2 is 1.79 bits per heavy atom. The Hall–Kier alpha value is -3.15. The molecule has 0 saturated carbocycles. The number of benzene rings is 1. The maximum absolute atomic E-state index is 13.5. The molecule has 7 nitrogen and oxygen atoms in total. The standard InChI is InChI=1S/C24H23ClN4O3S/c1-17-7-6-14-29-22(17)27-23(28-12-4-2-3-5-13-28)21(24(29)30)15-20(16-26)33(31,32)19-10-8-18(25)9-11-19/h6-11,14-15H,2-5,12-13H2,1H3/b20-15+. The number of nitriles is 1. The lowest BCUT2D eigenvalue weighted by Crippen LogP contribution is -2.30. The molecule has 0 spiro atoms. The summed E-state index contributed by atoms with van der Waals surface area (Å²) in [4.78, 5) is 19.7. The number of halogens is 1. The van der Waals surface area contributed by atoms with E-state index in [9.17, 15) is 18.5 Å². The number of allylic oxidation sites excluding steroid dienone is 1. The van der Waals surface area contributed by atoms with Crippen LogP contribution >= 0.6 is 11.6 Å². The van der Waals surface area contributed by atoms with E-state index in [1.165, 1.54) is 28.7 Å². The number of nitrogens with zero attached hydrogens (tertiary/aromatic N) is 4. The molecule has 1 fully saturated rings. The van der Waals surface area contributed by atoms with Crippen molar-refractivity contribution in [1.82, 2.24) is 9.38 Å². The molecule has 9 heteroatoms. The topological polar surface area (TPSA) is 95.5 Å². The summed E-state index contributed by atoms with van der Waals surface area (Å²) in [6.07, 6.45) is 6.83. The molecular weight excluding hydrogens is 460 g/mol. The van der Waals surface area contributed by atoms with Gasteiger partial charge in [-0.05, 0) is 61.7 Å². The average Bonchev–Trinajstić information content (AvgIpc) is 3.08. The Kier molecular flexibility index (Phi) is 6.54. The molecule has 1 aromatic carbocycles. The van der Waals surface area contributed by atoms with Crippen LogP contribution in [0.1, 0.15) is 36.8 Å². The van der Waals surface area contributed by atoms with Crippen LogP contribution in [0.4, 0.5) is 5.82 Å². The molecule has 3 heterocycles. The lowest BCUT2D eigenvalue weighted by Gasteiger charge is -2.24. The maximum atomic E-state index is 13.5. The monoisotopic (exact) mass is 482 g/mol. The Morgan fingerprint density at radius 3 is 2.42 bits per heavy atom. The van der Waals surface area contributed by atoms with Crippen LogP contribution in [0.25, 0.3) is 11.7 Å². The lowest BCUT2D eigenvalue weighted by molar-refractivity contribution is 0.603. The van der Waals surface area contributed by atoms with Crippen molar-refractivity contribution in [2.45, 2.75) is 37.5 Å². The molecule has 1 saturated heterocycles. The van der Waals surface area contributed by atoms with E-state index < -0.39 is 20.3 Å². The Bertz CT molecular complexity index is 1430. The molecule has 3 aromatic rings. The Balaban J connectivity index is 1.96. The molecule has 0 atom stereocenters. The zero-order valence-corrected chi connectivity index (χ0v) is 19.7. The van der Waals surface area contributed by atoms with Gasteiger partial charge in [0.1, 0.15) is 22.4 Å². The van der Waals surface area contributed by atoms with Gasteiger partial charge in [-0.15, -0.1) is 0 Å². The Morgan fingerprint density at radius 1 is 1.12 bits per heavy atom. The lowest BCUT2D eigenvalue weighted by atomic mass is 10.2. The second kappa shape index (κ2) is 9.38. The fraction of sp³-hybridized carbons (Fsp3) is 0.292. The molecule has 0 aliphatic carbocycles. The van der Waals surface area contributed by atoms with E-state index in [4.69, 9.17) is 16.6 Å². The minimum Gasteiger partial charge on any atom is -0.356 e. The SMILES string of the molecule is Cc1cccn2c(=O)c(/C=C(\C#N)S(=O)(=O)c3ccc(Cl)cc3)c(N3CCCCCC3)nc12. The van der Waals surface area contributed by atoms with Crippen molar-refractivity contribution in [2.75, 3.05) is 18.0 Å². The fourth-order valence-electron chi connectivity index (χ4n) is 3.99. The maximum Gasteiger partial charge on any atom is 0.267 e. The molecule has 4 rings (SSSR count). The molecule has 0 bridgehead atoms. The van der Waals surface area contributed by atoms with Crippen molar-refractivity contribution in [3.8, 4) is 6.07 Å². The van der Waals surface area contributed by atoms with Gasteiger partial charge in [0, 0.05) is 24.3 Å². The number of aromatic nitrogens is 2. The number of hydrogen-bond acceptors (Lipinski definition) is 6. The minimum absolute atomic E-state index is 0.0688. The predicted molar refractivity (Wildman–Crippen MR) is 129 cm³/mol. The summed E-state index contributed by atoms with van der Waals surface area (Å²) < 4.78 is 27.7. The summed E-state index contributed by atoms with van der Waals surface area (Å²) in [5.41, 5.74) is 1.02. The van der Waals surface area contributed by atoms with E-state index in [0.717, 1.165) is 37.3 Å². The van der Waals surface area contributed by atoms with Crippen LogP contribution in [-0.4, -0.2) is 30.9 Å². The number of fused-ring (bicyclic) bond motifs is 1. The average molecular weight is 483 g/mol. The van der Waals surface area contributed by atoms with Crippen LogP contribution in [-0.2, 0) is 9.84 Å². The van der Waals surface area contributed by atoms with Crippen molar-refractivity contribution in [2.24, 2.45) is 0 Å². The second-order valence-corrected chi connectivity index (χ2v) is 10.4. The molecule has 170 valence electrons. The predicted octanol–water partition coefficient (Wildman–Crippen LogP) is 4.38. The number of rotatable bonds is 4. The largest absolute Gasteiger partial charge is 0.356 e. The molecule has 2 aromatic heterocycles. The van der Waals surface area contributed by atoms with E-state index in [0.29, 0.717) is 29.6 Å². The van der Waals surface area contributed by atoms with Crippen molar-refractivity contribution in [1.29, 1.82) is 5.26 Å². The highest BCUT2D eigenvalue weighted by Gasteiger charge is 2.25. The Labute approximate surface area is 197 Å². The molecule has 0 N–H and O–H groups in total. The molecule has 1 aliphatic rings. The summed E-state index contributed by atoms with van der Waals surface area (Å²) in [6, 6.07) is 11.0. The van der Waals surface area contributed by atoms with Gasteiger partial charge in [-0.25, -0.2) is 13.4 Å². The summed E-state index contributed by atoms with van der Waals surface area (Å²) in [6.45, 7) is 3.29. The van der Waals surface area contributed by atoms with Gasteiger partial charge in [-0.1, -0.05) is 30.5 Å². The molecule has 0 unspecified atom stereocenters. The highest BCUT2D eigenvalue weighted by molar-refractivity contribution is 7.95. The van der Waals surface area contributed by atoms with Gasteiger partial charge in [0.25, 0.3) is 5.56 Å². The van der Waals surface area contributed by atoms with Crippen LogP contribution in [0.3, 0.4) is 0 Å². The van der Waals surface area contributed by atoms with Crippen LogP contribution in [0, 0.1) is 18.3 Å². The van der Waals surface area contributed by atoms with E-state index in [-0.39, 0.29) is 10.5 Å². The molecule has 33 heavy (non-hydrogen) atoms. The second-order valence-electron chi connectivity index (χ2n) is 8.02. The van der Waals surface area contributed by atoms with Gasteiger partial charge >= 0.3 is 0 Å². The number of pyridine rings is 1. The molecule has 0 amide bonds. The van der Waals surface area contributed by atoms with E-state index >= 15 is 0 Å². The first-order valence-corrected chi connectivity index (χ1v) is 12.6. The van der Waals surface area contributed by atoms with Crippen LogP contribution in [0.15, 0.2) is 57.2 Å². The van der Waals surface area contributed by atoms with Crippen LogP contribution < -0.4 is 10.5 Å². The number of sulfone groups is 1. The fourth-order valence-corrected chi connectivity index (χ4v) is 5.26. The van der Waals surface area contributed by atoms with Crippen molar-refractivity contribution in [3.63, 3.8) is 0 Å². The smallest absolute Gasteiger partial charge is 0.267 e. The van der Waals surface area contributed by atoms with Crippen molar-refractivity contribution >= 4 is 39.0 Å². The first-order chi connectivity index (χ1) is 15.8. The third-order valence-electron chi connectivity index (χ3n) is 5.77. The molecule has 1 aliphatic heterocycles. The highest BCUT2D eigenvalue weighted by Crippen LogP contribution is 2.27. The van der Waals surface area contributed by atoms with Gasteiger partial charge in [-0.3, -0.25) is 9.20 Å². The normalized spacial score (nSPS) is 15.3. The van der Waals surface area contributed by atoms with Gasteiger partial charge in [-0.2, -0.15) is 5.26 Å². The molecule has 0 radical (unpaired) electrons. The van der Waals surface area contributed by atoms with E-state index in [1.54, 1.807) is 18.3 Å². The van der Waals surface area contributed by atoms with Gasteiger partial charge < -0.3 is 4.90 Å². The minimum atomic E-state index is -4.15. The zero-order valence-electron chi connectivity index (χ0n) is 18.2. The first kappa shape index (κ1) is 23.0. The van der Waals surface area contributed by atoms with Crippen molar-refractivity contribution in [3.05, 3.63) is 74.0 Å². The number of aryl methyl sites for hydroxylation is 1. The molecular formula is C24H23ClN4O3S. The highest BCUT2D eigenvalue weighted by atomic mass is 35.5. The summed E-state index contributed by atoms with van der Waals surface area (Å²) in [5, 5.41) is 10.1. The number of hydrogen-bond donors (Lipinski definition) is 0. The van der Waals surface area contributed by atoms with Gasteiger partial charge in [0.15, 0.2) is 0 Å². The van der Waals surface area contributed by atoms with Gasteiger partial charge in [0.2, 0.25) is 9.84 Å². The van der Waals surface area contributed by atoms with E-state index in [2.05, 4.69) is 0 Å². The van der Waals surface area contributed by atoms with E-state index in [1.807, 2.05) is 17.9 Å². The summed E-state index contributed by atoms with van der Waals surface area (Å²) in [7, 11) is -4.15. The van der Waals surface area contributed by atoms with Crippen LogP contribution in [0.5, 0.6) is 0 Å². The third-order valence-corrected chi connectivity index (χ3v) is 7.70. The zero-order chi connectivity index (χ0) is 23.6. The summed E-state index contributed by atoms with van der Waals surface area (Å²) >= 11 is 5.88. The first-order valence-electron chi connectivity index (χ1n) is 10.7. The van der Waals surface area contributed by atoms with Crippen LogP contribution in [0.2, 0.25) is 5.02 Å². The van der Waals surface area contributed by atoms with Gasteiger partial charge in [0.05, 0.1) is 10.5 Å². The summed E-state index contributed by atoms with van der Waals surface area (Å²) in [5.74, 6) is 0.412.